The van der Waals surface area contributed by atoms with Crippen LogP contribution in [0.25, 0.3) is 0 Å². The number of imidazole rings is 1. The Balaban J connectivity index is 2.03. The van der Waals surface area contributed by atoms with E-state index in [-0.39, 0.29) is 0 Å². The first-order valence-corrected chi connectivity index (χ1v) is 8.78. The lowest BCUT2D eigenvalue weighted by Crippen LogP contribution is -2.34. The number of rotatable bonds is 3. The Morgan fingerprint density at radius 3 is 2.86 bits per heavy atom. The predicted molar refractivity (Wildman–Crippen MR) is 87.5 cm³/mol. The van der Waals surface area contributed by atoms with Crippen LogP contribution in [-0.2, 0) is 19.4 Å². The molecule has 21 heavy (non-hydrogen) atoms. The van der Waals surface area contributed by atoms with Crippen molar-refractivity contribution in [2.45, 2.75) is 78.8 Å². The highest BCUT2D eigenvalue weighted by atomic mass is 15.2. The van der Waals surface area contributed by atoms with Crippen LogP contribution < -0.4 is 5.32 Å². The van der Waals surface area contributed by atoms with E-state index < -0.39 is 0 Å². The molecule has 1 atom stereocenters. The zero-order valence-electron chi connectivity index (χ0n) is 14.2. The van der Waals surface area contributed by atoms with E-state index in [9.17, 15) is 0 Å². The minimum absolute atomic E-state index is 0.406. The van der Waals surface area contributed by atoms with Crippen molar-refractivity contribution in [3.8, 4) is 0 Å². The molecule has 3 heteroatoms. The first-order valence-electron chi connectivity index (χ1n) is 8.78. The lowest BCUT2D eigenvalue weighted by Gasteiger charge is -2.41. The van der Waals surface area contributed by atoms with Gasteiger partial charge in [0.15, 0.2) is 0 Å². The van der Waals surface area contributed by atoms with Crippen LogP contribution in [0.15, 0.2) is 0 Å². The third kappa shape index (κ3) is 2.90. The van der Waals surface area contributed by atoms with Gasteiger partial charge in [-0.05, 0) is 24.2 Å². The number of nitrogens with zero attached hydrogens (tertiary/aromatic N) is 2. The smallest absolute Gasteiger partial charge is 0.109 e. The molecular weight excluding hydrogens is 258 g/mol. The molecule has 0 spiro atoms. The fourth-order valence-corrected chi connectivity index (χ4v) is 4.22. The Hall–Kier alpha value is -0.830. The van der Waals surface area contributed by atoms with E-state index in [1.54, 1.807) is 0 Å². The van der Waals surface area contributed by atoms with Crippen LogP contribution in [0.5, 0.6) is 0 Å². The molecule has 1 saturated carbocycles. The van der Waals surface area contributed by atoms with Crippen molar-refractivity contribution in [2.75, 3.05) is 6.54 Å². The molecule has 2 aliphatic rings. The van der Waals surface area contributed by atoms with Gasteiger partial charge < -0.3 is 9.88 Å². The van der Waals surface area contributed by atoms with Gasteiger partial charge in [0.25, 0.3) is 0 Å². The van der Waals surface area contributed by atoms with Gasteiger partial charge >= 0.3 is 0 Å². The quantitative estimate of drug-likeness (QED) is 0.915. The molecule has 1 aliphatic heterocycles. The van der Waals surface area contributed by atoms with Gasteiger partial charge in [0.2, 0.25) is 0 Å². The third-order valence-corrected chi connectivity index (χ3v) is 5.35. The minimum atomic E-state index is 0.406. The molecule has 1 aromatic heterocycles. The summed E-state index contributed by atoms with van der Waals surface area (Å²) < 4.78 is 2.68. The maximum atomic E-state index is 5.03. The second-order valence-electron chi connectivity index (χ2n) is 8.07. The van der Waals surface area contributed by atoms with Crippen molar-refractivity contribution in [2.24, 2.45) is 11.3 Å². The summed E-state index contributed by atoms with van der Waals surface area (Å²) in [5, 5.41) is 3.48. The Morgan fingerprint density at radius 2 is 2.14 bits per heavy atom. The maximum Gasteiger partial charge on any atom is 0.109 e. The normalized spacial score (nSPS) is 25.1. The van der Waals surface area contributed by atoms with Gasteiger partial charge in [0, 0.05) is 37.7 Å². The highest BCUT2D eigenvalue weighted by Gasteiger charge is 2.36. The zero-order chi connectivity index (χ0) is 15.0. The molecule has 0 saturated heterocycles. The summed E-state index contributed by atoms with van der Waals surface area (Å²) in [6, 6.07) is 0.648. The van der Waals surface area contributed by atoms with E-state index >= 15 is 0 Å². The van der Waals surface area contributed by atoms with Crippen LogP contribution in [0.1, 0.15) is 76.6 Å². The van der Waals surface area contributed by atoms with E-state index in [4.69, 9.17) is 4.98 Å². The SMILES string of the molecule is CC(C)Cc1nc2c(n1C1CCCCC1(C)C)CCNC2. The molecule has 2 heterocycles. The van der Waals surface area contributed by atoms with Crippen molar-refractivity contribution < 1.29 is 0 Å². The molecule has 1 unspecified atom stereocenters. The predicted octanol–water partition coefficient (Wildman–Crippen LogP) is 3.87. The highest BCUT2D eigenvalue weighted by molar-refractivity contribution is 5.22. The van der Waals surface area contributed by atoms with Gasteiger partial charge in [-0.2, -0.15) is 0 Å². The van der Waals surface area contributed by atoms with Crippen LogP contribution in [0, 0.1) is 11.3 Å². The van der Waals surface area contributed by atoms with Gasteiger partial charge in [-0.1, -0.05) is 40.5 Å². The Kier molecular flexibility index (Phi) is 4.13. The summed E-state index contributed by atoms with van der Waals surface area (Å²) in [6.45, 7) is 11.6. The molecule has 3 rings (SSSR count). The second kappa shape index (κ2) is 5.75. The fraction of sp³-hybridized carbons (Fsp3) is 0.833. The lowest BCUT2D eigenvalue weighted by atomic mass is 9.73. The summed E-state index contributed by atoms with van der Waals surface area (Å²) >= 11 is 0. The summed E-state index contributed by atoms with van der Waals surface area (Å²) in [6.07, 6.45) is 7.70. The molecule has 1 aromatic rings. The standard InChI is InChI=1S/C18H31N3/c1-13(2)11-17-20-14-12-19-10-8-15(14)21(17)16-7-5-6-9-18(16,3)4/h13,16,19H,5-12H2,1-4H3. The van der Waals surface area contributed by atoms with E-state index in [1.165, 1.54) is 42.9 Å². The van der Waals surface area contributed by atoms with Crippen molar-refractivity contribution in [3.63, 3.8) is 0 Å². The maximum absolute atomic E-state index is 5.03. The summed E-state index contributed by atoms with van der Waals surface area (Å²) in [5.41, 5.74) is 3.26. The molecular formula is C18H31N3. The van der Waals surface area contributed by atoms with Crippen molar-refractivity contribution in [1.82, 2.24) is 14.9 Å². The molecule has 0 aromatic carbocycles. The van der Waals surface area contributed by atoms with Crippen molar-refractivity contribution >= 4 is 0 Å². The van der Waals surface area contributed by atoms with E-state index in [2.05, 4.69) is 37.6 Å². The van der Waals surface area contributed by atoms with Crippen LogP contribution in [0.2, 0.25) is 0 Å². The monoisotopic (exact) mass is 289 g/mol. The Bertz CT molecular complexity index is 499. The van der Waals surface area contributed by atoms with Crippen LogP contribution >= 0.6 is 0 Å². The van der Waals surface area contributed by atoms with Gasteiger partial charge in [0.1, 0.15) is 5.82 Å². The molecule has 0 radical (unpaired) electrons. The van der Waals surface area contributed by atoms with Gasteiger partial charge in [-0.3, -0.25) is 0 Å². The van der Waals surface area contributed by atoms with Crippen LogP contribution in [-0.4, -0.2) is 16.1 Å². The van der Waals surface area contributed by atoms with Crippen LogP contribution in [0.4, 0.5) is 0 Å². The second-order valence-corrected chi connectivity index (χ2v) is 8.07. The molecule has 118 valence electrons. The summed E-state index contributed by atoms with van der Waals surface area (Å²) in [7, 11) is 0. The summed E-state index contributed by atoms with van der Waals surface area (Å²) in [4.78, 5) is 5.03. The fourth-order valence-electron chi connectivity index (χ4n) is 4.22. The lowest BCUT2D eigenvalue weighted by molar-refractivity contribution is 0.138. The molecule has 1 N–H and O–H groups in total. The average molecular weight is 289 g/mol. The largest absolute Gasteiger partial charge is 0.328 e. The van der Waals surface area contributed by atoms with E-state index in [0.717, 1.165) is 25.9 Å². The Labute approximate surface area is 129 Å². The van der Waals surface area contributed by atoms with Gasteiger partial charge in [-0.25, -0.2) is 4.98 Å². The van der Waals surface area contributed by atoms with Crippen molar-refractivity contribution in [1.29, 1.82) is 0 Å². The minimum Gasteiger partial charge on any atom is -0.328 e. The molecule has 0 bridgehead atoms. The molecule has 1 aliphatic carbocycles. The number of fused-ring (bicyclic) bond motifs is 1. The number of aromatic nitrogens is 2. The molecule has 1 fully saturated rings. The highest BCUT2D eigenvalue weighted by Crippen LogP contribution is 2.45. The third-order valence-electron chi connectivity index (χ3n) is 5.35. The van der Waals surface area contributed by atoms with Gasteiger partial charge in [0.05, 0.1) is 5.69 Å². The number of nitrogens with one attached hydrogen (secondary N) is 1. The first-order chi connectivity index (χ1) is 9.99. The van der Waals surface area contributed by atoms with Crippen molar-refractivity contribution in [3.05, 3.63) is 17.2 Å². The first kappa shape index (κ1) is 15.1. The topological polar surface area (TPSA) is 29.9 Å². The van der Waals surface area contributed by atoms with Gasteiger partial charge in [-0.15, -0.1) is 0 Å². The zero-order valence-corrected chi connectivity index (χ0v) is 14.2. The van der Waals surface area contributed by atoms with E-state index in [0.29, 0.717) is 17.4 Å². The Morgan fingerprint density at radius 1 is 1.33 bits per heavy atom. The molecule has 3 nitrogen and oxygen atoms in total. The average Bonchev–Trinajstić information content (AvgIpc) is 2.75. The molecule has 0 amide bonds. The van der Waals surface area contributed by atoms with Crippen LogP contribution in [0.3, 0.4) is 0 Å². The number of hydrogen-bond donors (Lipinski definition) is 1. The number of hydrogen-bond acceptors (Lipinski definition) is 2. The summed E-state index contributed by atoms with van der Waals surface area (Å²) in [5.74, 6) is 2.02. The van der Waals surface area contributed by atoms with E-state index in [1.807, 2.05) is 0 Å².